The number of carbonyl (C=O) groups excluding carboxylic acids is 1. The Morgan fingerprint density at radius 1 is 1.05 bits per heavy atom. The molecule has 1 fully saturated rings. The summed E-state index contributed by atoms with van der Waals surface area (Å²) in [6, 6.07) is 21.3. The van der Waals surface area contributed by atoms with E-state index in [0.29, 0.717) is 18.4 Å². The topological polar surface area (TPSA) is 138 Å². The number of carbonyl (C=O) groups is 1. The quantitative estimate of drug-likeness (QED) is 0.318. The van der Waals surface area contributed by atoms with Crippen molar-refractivity contribution in [1.29, 1.82) is 0 Å². The van der Waals surface area contributed by atoms with Gasteiger partial charge in [-0.2, -0.15) is 13.5 Å². The molecule has 1 unspecified atom stereocenters. The number of ether oxygens (including phenoxy) is 1. The average molecular weight is 548 g/mol. The molecule has 10 nitrogen and oxygen atoms in total. The molecule has 2 aromatic heterocycles. The second-order valence-electron chi connectivity index (χ2n) is 10.1. The number of aromatic nitrogens is 3. The van der Waals surface area contributed by atoms with Crippen molar-refractivity contribution in [3.8, 4) is 0 Å². The summed E-state index contributed by atoms with van der Waals surface area (Å²) < 4.78 is 35.6. The molecule has 202 valence electrons. The van der Waals surface area contributed by atoms with Gasteiger partial charge in [0.2, 0.25) is 0 Å². The second-order valence-corrected chi connectivity index (χ2v) is 11.3. The van der Waals surface area contributed by atoms with Crippen molar-refractivity contribution in [3.05, 3.63) is 95.4 Å². The Balaban J connectivity index is 1.24. The summed E-state index contributed by atoms with van der Waals surface area (Å²) >= 11 is 0. The molecule has 0 radical (unpaired) electrons. The maximum atomic E-state index is 12.8. The van der Waals surface area contributed by atoms with E-state index in [9.17, 15) is 13.2 Å². The zero-order valence-electron chi connectivity index (χ0n) is 21.1. The van der Waals surface area contributed by atoms with E-state index in [1.54, 1.807) is 24.3 Å². The first kappa shape index (κ1) is 25.5. The fraction of sp³-hybridized carbons (Fsp3) is 0.321. The second kappa shape index (κ2) is 10.4. The first-order chi connectivity index (χ1) is 18.9. The molecule has 0 amide bonds. The number of hydrogen-bond acceptors (Lipinski definition) is 8. The van der Waals surface area contributed by atoms with E-state index >= 15 is 0 Å². The number of nitrogens with zero attached hydrogens (tertiary/aromatic N) is 3. The number of nitrogens with two attached hydrogens (primary N) is 1. The van der Waals surface area contributed by atoms with Gasteiger partial charge in [-0.1, -0.05) is 42.5 Å². The van der Waals surface area contributed by atoms with E-state index < -0.39 is 22.4 Å². The van der Waals surface area contributed by atoms with Crippen LogP contribution in [0.5, 0.6) is 0 Å². The van der Waals surface area contributed by atoms with Crippen LogP contribution < -0.4 is 10.5 Å². The van der Waals surface area contributed by atoms with Gasteiger partial charge in [-0.05, 0) is 61.1 Å². The van der Waals surface area contributed by atoms with Crippen molar-refractivity contribution in [2.75, 3.05) is 11.9 Å². The van der Waals surface area contributed by atoms with Gasteiger partial charge in [0.15, 0.2) is 5.82 Å². The molecule has 11 heteroatoms. The summed E-state index contributed by atoms with van der Waals surface area (Å²) in [4.78, 5) is 17.3. The standard InChI is InChI=1S/C28H29N5O5S/c29-39(35,36)37-16-21-14-20(15-26(21)38-28(34)19-7-2-1-3-8-19)24-12-13-25-27(30-17-31-33(24)25)32-23-11-10-18-6-4-5-9-22(18)23/h1-9,12-13,17,20-21,23,26H,10-11,14-16H2,(H2,29,35,36)(H,30,31,32)/t20-,21?,23+,26+/m1/s1. The number of anilines is 1. The fourth-order valence-electron chi connectivity index (χ4n) is 5.86. The highest BCUT2D eigenvalue weighted by Gasteiger charge is 2.40. The van der Waals surface area contributed by atoms with Crippen LogP contribution in [-0.2, 0) is 25.6 Å². The summed E-state index contributed by atoms with van der Waals surface area (Å²) in [5.74, 6) is -0.129. The maximum Gasteiger partial charge on any atom is 0.338 e. The summed E-state index contributed by atoms with van der Waals surface area (Å²) in [5, 5.41) is 13.2. The minimum absolute atomic E-state index is 0.0508. The van der Waals surface area contributed by atoms with Crippen LogP contribution in [0.2, 0.25) is 0 Å². The Morgan fingerprint density at radius 3 is 2.67 bits per heavy atom. The lowest BCUT2D eigenvalue weighted by Crippen LogP contribution is -2.28. The number of rotatable bonds is 8. The molecule has 0 saturated heterocycles. The Hall–Kier alpha value is -3.80. The van der Waals surface area contributed by atoms with Gasteiger partial charge in [0.25, 0.3) is 0 Å². The molecule has 4 aromatic rings. The molecule has 2 aromatic carbocycles. The number of esters is 1. The molecule has 4 atom stereocenters. The molecule has 0 spiro atoms. The minimum atomic E-state index is -4.13. The monoisotopic (exact) mass is 547 g/mol. The third kappa shape index (κ3) is 5.38. The lowest BCUT2D eigenvalue weighted by Gasteiger charge is -2.19. The van der Waals surface area contributed by atoms with Gasteiger partial charge < -0.3 is 10.1 Å². The van der Waals surface area contributed by atoms with Crippen LogP contribution >= 0.6 is 0 Å². The summed E-state index contributed by atoms with van der Waals surface area (Å²) in [5.41, 5.74) is 4.85. The molecule has 39 heavy (non-hydrogen) atoms. The highest BCUT2D eigenvalue weighted by molar-refractivity contribution is 7.84. The first-order valence-corrected chi connectivity index (χ1v) is 14.4. The van der Waals surface area contributed by atoms with Crippen molar-refractivity contribution in [2.24, 2.45) is 11.1 Å². The molecule has 0 aliphatic heterocycles. The van der Waals surface area contributed by atoms with Crippen LogP contribution in [0.1, 0.15) is 58.4 Å². The number of nitrogens with one attached hydrogen (secondary N) is 1. The molecule has 1 saturated carbocycles. The maximum absolute atomic E-state index is 12.8. The molecule has 6 rings (SSSR count). The zero-order valence-corrected chi connectivity index (χ0v) is 22.0. The van der Waals surface area contributed by atoms with Crippen molar-refractivity contribution in [2.45, 2.75) is 43.7 Å². The molecule has 2 aliphatic rings. The third-order valence-electron chi connectivity index (χ3n) is 7.69. The predicted molar refractivity (Wildman–Crippen MR) is 144 cm³/mol. The summed E-state index contributed by atoms with van der Waals surface area (Å²) in [6.07, 6.45) is 4.02. The lowest BCUT2D eigenvalue weighted by molar-refractivity contribution is 0.0150. The average Bonchev–Trinajstić information content (AvgIpc) is 3.65. The zero-order chi connectivity index (χ0) is 27.0. The molecular weight excluding hydrogens is 518 g/mol. The van der Waals surface area contributed by atoms with Gasteiger partial charge in [-0.15, -0.1) is 0 Å². The van der Waals surface area contributed by atoms with E-state index in [1.165, 1.54) is 17.5 Å². The predicted octanol–water partition coefficient (Wildman–Crippen LogP) is 3.77. The number of benzene rings is 2. The van der Waals surface area contributed by atoms with Gasteiger partial charge in [-0.3, -0.25) is 4.18 Å². The van der Waals surface area contributed by atoms with Gasteiger partial charge in [0.05, 0.1) is 18.2 Å². The third-order valence-corrected chi connectivity index (χ3v) is 8.15. The lowest BCUT2D eigenvalue weighted by atomic mass is 10.0. The van der Waals surface area contributed by atoms with Gasteiger partial charge in [0, 0.05) is 17.5 Å². The highest BCUT2D eigenvalue weighted by atomic mass is 32.2. The van der Waals surface area contributed by atoms with Crippen molar-refractivity contribution in [1.82, 2.24) is 14.6 Å². The van der Waals surface area contributed by atoms with E-state index in [-0.39, 0.29) is 24.5 Å². The Labute approximate surface area is 226 Å². The van der Waals surface area contributed by atoms with Crippen LogP contribution in [0.3, 0.4) is 0 Å². The van der Waals surface area contributed by atoms with Crippen LogP contribution in [0, 0.1) is 5.92 Å². The Bertz CT molecular complexity index is 1610. The van der Waals surface area contributed by atoms with E-state index in [1.807, 2.05) is 22.7 Å². The number of fused-ring (bicyclic) bond motifs is 2. The van der Waals surface area contributed by atoms with E-state index in [2.05, 4.69) is 39.7 Å². The van der Waals surface area contributed by atoms with Crippen molar-refractivity contribution >= 4 is 27.6 Å². The molecule has 3 N–H and O–H groups in total. The van der Waals surface area contributed by atoms with Crippen LogP contribution in [-0.4, -0.2) is 41.7 Å². The molecule has 2 aliphatic carbocycles. The fourth-order valence-corrected chi connectivity index (χ4v) is 6.22. The highest BCUT2D eigenvalue weighted by Crippen LogP contribution is 2.42. The normalized spacial score (nSPS) is 22.6. The van der Waals surface area contributed by atoms with Gasteiger partial charge in [0.1, 0.15) is 17.9 Å². The summed E-state index contributed by atoms with van der Waals surface area (Å²) in [7, 11) is -4.13. The SMILES string of the molecule is NS(=O)(=O)OCC1C[C@@H](c2ccc3c(N[C@H]4CCc5ccccc54)ncnn23)C[C@@H]1OC(=O)c1ccccc1. The van der Waals surface area contributed by atoms with Crippen LogP contribution in [0.15, 0.2) is 73.1 Å². The summed E-state index contributed by atoms with van der Waals surface area (Å²) in [6.45, 7) is -0.172. The van der Waals surface area contributed by atoms with E-state index in [4.69, 9.17) is 14.1 Å². The van der Waals surface area contributed by atoms with Gasteiger partial charge >= 0.3 is 16.3 Å². The van der Waals surface area contributed by atoms with Crippen LogP contribution in [0.4, 0.5) is 5.82 Å². The van der Waals surface area contributed by atoms with Crippen molar-refractivity contribution < 1.29 is 22.1 Å². The number of hydrogen-bond donors (Lipinski definition) is 2. The number of aryl methyl sites for hydroxylation is 1. The molecular formula is C28H29N5O5S. The molecule has 2 heterocycles. The largest absolute Gasteiger partial charge is 0.458 e. The molecule has 0 bridgehead atoms. The minimum Gasteiger partial charge on any atom is -0.458 e. The smallest absolute Gasteiger partial charge is 0.338 e. The Morgan fingerprint density at radius 2 is 1.85 bits per heavy atom. The Kier molecular flexibility index (Phi) is 6.79. The van der Waals surface area contributed by atoms with Gasteiger partial charge in [-0.25, -0.2) is 19.4 Å². The van der Waals surface area contributed by atoms with Crippen LogP contribution in [0.25, 0.3) is 5.52 Å². The van der Waals surface area contributed by atoms with Crippen molar-refractivity contribution in [3.63, 3.8) is 0 Å². The van der Waals surface area contributed by atoms with E-state index in [0.717, 1.165) is 29.9 Å². The first-order valence-electron chi connectivity index (χ1n) is 13.0.